The lowest BCUT2D eigenvalue weighted by atomic mass is 10.2. The Morgan fingerprint density at radius 1 is 1.06 bits per heavy atom. The van der Waals surface area contributed by atoms with E-state index in [4.69, 9.17) is 28.6 Å². The number of benzene rings is 3. The normalized spacial score (nSPS) is 14.6. The number of anilines is 2. The summed E-state index contributed by atoms with van der Waals surface area (Å²) in [5.41, 5.74) is 1.91. The number of amides is 2. The summed E-state index contributed by atoms with van der Waals surface area (Å²) in [6, 6.07) is 19.3. The molecular formula is C24H16ClFN2O3S2. The number of thioether (sulfide) groups is 1. The van der Waals surface area contributed by atoms with Crippen molar-refractivity contribution in [1.29, 1.82) is 0 Å². The van der Waals surface area contributed by atoms with Crippen LogP contribution in [0.1, 0.15) is 5.56 Å². The van der Waals surface area contributed by atoms with Gasteiger partial charge in [0.05, 0.1) is 10.6 Å². The highest BCUT2D eigenvalue weighted by Crippen LogP contribution is 2.36. The minimum atomic E-state index is -0.385. The van der Waals surface area contributed by atoms with Crippen LogP contribution in [0.25, 0.3) is 6.08 Å². The minimum Gasteiger partial charge on any atom is -0.484 e. The lowest BCUT2D eigenvalue weighted by Crippen LogP contribution is -2.27. The number of rotatable bonds is 6. The van der Waals surface area contributed by atoms with Crippen molar-refractivity contribution in [3.63, 3.8) is 0 Å². The molecule has 0 saturated carbocycles. The van der Waals surface area contributed by atoms with E-state index in [-0.39, 0.29) is 24.2 Å². The number of nitrogens with one attached hydrogen (secondary N) is 1. The number of carbonyl (C=O) groups excluding carboxylic acids is 2. The molecule has 0 spiro atoms. The van der Waals surface area contributed by atoms with E-state index < -0.39 is 0 Å². The van der Waals surface area contributed by atoms with E-state index in [9.17, 15) is 14.0 Å². The quantitative estimate of drug-likeness (QED) is 0.338. The van der Waals surface area contributed by atoms with Crippen molar-refractivity contribution in [3.8, 4) is 5.75 Å². The molecule has 5 nitrogen and oxygen atoms in total. The van der Waals surface area contributed by atoms with Crippen LogP contribution in [0.4, 0.5) is 15.8 Å². The van der Waals surface area contributed by atoms with Crippen LogP contribution in [0.2, 0.25) is 5.02 Å². The van der Waals surface area contributed by atoms with Gasteiger partial charge < -0.3 is 10.1 Å². The van der Waals surface area contributed by atoms with Crippen LogP contribution >= 0.6 is 35.6 Å². The van der Waals surface area contributed by atoms with E-state index in [1.807, 2.05) is 0 Å². The molecular weight excluding hydrogens is 483 g/mol. The molecule has 1 aliphatic rings. The zero-order valence-electron chi connectivity index (χ0n) is 17.0. The summed E-state index contributed by atoms with van der Waals surface area (Å²) in [7, 11) is 0. The van der Waals surface area contributed by atoms with Gasteiger partial charge in [0.1, 0.15) is 11.6 Å². The molecule has 1 aliphatic heterocycles. The summed E-state index contributed by atoms with van der Waals surface area (Å²) in [4.78, 5) is 26.7. The minimum absolute atomic E-state index is 0.154. The molecule has 3 aromatic rings. The number of hydrogen-bond acceptors (Lipinski definition) is 5. The molecule has 0 aliphatic carbocycles. The fourth-order valence-electron chi connectivity index (χ4n) is 2.97. The topological polar surface area (TPSA) is 58.6 Å². The van der Waals surface area contributed by atoms with Crippen LogP contribution in [0.15, 0.2) is 77.7 Å². The smallest absolute Gasteiger partial charge is 0.270 e. The van der Waals surface area contributed by atoms with E-state index in [0.717, 1.165) is 5.56 Å². The lowest BCUT2D eigenvalue weighted by Gasteiger charge is -2.14. The molecule has 0 atom stereocenters. The third kappa shape index (κ3) is 5.78. The summed E-state index contributed by atoms with van der Waals surface area (Å²) in [5, 5.41) is 3.30. The van der Waals surface area contributed by atoms with Crippen LogP contribution in [0.3, 0.4) is 0 Å². The molecule has 0 unspecified atom stereocenters. The fraction of sp³-hybridized carbons (Fsp3) is 0.0417. The van der Waals surface area contributed by atoms with Crippen molar-refractivity contribution in [2.24, 2.45) is 0 Å². The highest BCUT2D eigenvalue weighted by Gasteiger charge is 2.33. The van der Waals surface area contributed by atoms with Crippen LogP contribution in [0, 0.1) is 5.82 Å². The molecule has 1 N–H and O–H groups in total. The van der Waals surface area contributed by atoms with Gasteiger partial charge in [-0.2, -0.15) is 0 Å². The molecule has 0 bridgehead atoms. The van der Waals surface area contributed by atoms with Crippen molar-refractivity contribution in [2.45, 2.75) is 0 Å². The second-order valence-corrected chi connectivity index (χ2v) is 9.02. The van der Waals surface area contributed by atoms with Gasteiger partial charge >= 0.3 is 0 Å². The monoisotopic (exact) mass is 498 g/mol. The molecule has 1 heterocycles. The molecule has 9 heteroatoms. The van der Waals surface area contributed by atoms with Crippen molar-refractivity contribution in [3.05, 3.63) is 94.1 Å². The number of ether oxygens (including phenoxy) is 1. The molecule has 166 valence electrons. The molecule has 33 heavy (non-hydrogen) atoms. The SMILES string of the molecule is O=C(COc1ccc(/C=C2\SC(=S)N(c3ccc(F)cc3)C2=O)cc1)Nc1ccc(Cl)cc1. The first-order valence-corrected chi connectivity index (χ1v) is 11.3. The Balaban J connectivity index is 1.36. The Bertz CT molecular complexity index is 1230. The van der Waals surface area contributed by atoms with Gasteiger partial charge in [0.15, 0.2) is 10.9 Å². The Morgan fingerprint density at radius 2 is 1.73 bits per heavy atom. The van der Waals surface area contributed by atoms with Gasteiger partial charge in [-0.1, -0.05) is 47.7 Å². The van der Waals surface area contributed by atoms with Crippen LogP contribution < -0.4 is 15.0 Å². The van der Waals surface area contributed by atoms with E-state index >= 15 is 0 Å². The number of carbonyl (C=O) groups is 2. The van der Waals surface area contributed by atoms with Crippen molar-refractivity contribution in [1.82, 2.24) is 0 Å². The zero-order chi connectivity index (χ0) is 23.4. The first kappa shape index (κ1) is 23.0. The Labute approximate surface area is 204 Å². The molecule has 2 amide bonds. The van der Waals surface area contributed by atoms with E-state index in [1.165, 1.54) is 40.9 Å². The maximum absolute atomic E-state index is 13.2. The van der Waals surface area contributed by atoms with Crippen molar-refractivity contribution in [2.75, 3.05) is 16.8 Å². The average molecular weight is 499 g/mol. The van der Waals surface area contributed by atoms with E-state index in [0.29, 0.717) is 31.4 Å². The van der Waals surface area contributed by atoms with Gasteiger partial charge in [0.25, 0.3) is 11.8 Å². The van der Waals surface area contributed by atoms with Crippen LogP contribution in [-0.4, -0.2) is 22.7 Å². The predicted octanol–water partition coefficient (Wildman–Crippen LogP) is 5.90. The highest BCUT2D eigenvalue weighted by molar-refractivity contribution is 8.27. The van der Waals surface area contributed by atoms with Gasteiger partial charge in [-0.3, -0.25) is 14.5 Å². The highest BCUT2D eigenvalue weighted by atomic mass is 35.5. The van der Waals surface area contributed by atoms with E-state index in [1.54, 1.807) is 54.6 Å². The Morgan fingerprint density at radius 3 is 2.39 bits per heavy atom. The third-order valence-electron chi connectivity index (χ3n) is 4.55. The standard InChI is InChI=1S/C24H16ClFN2O3S2/c25-16-3-7-18(8-4-16)27-22(29)14-31-20-11-1-15(2-12-20)13-21-23(30)28(24(32)33-21)19-9-5-17(26)6-10-19/h1-13H,14H2,(H,27,29)/b21-13-. The second kappa shape index (κ2) is 10.2. The third-order valence-corrected chi connectivity index (χ3v) is 6.11. The number of thiocarbonyl (C=S) groups is 1. The van der Waals surface area contributed by atoms with Gasteiger partial charge in [-0.05, 0) is 72.3 Å². The second-order valence-electron chi connectivity index (χ2n) is 6.91. The van der Waals surface area contributed by atoms with Gasteiger partial charge in [-0.25, -0.2) is 4.39 Å². The van der Waals surface area contributed by atoms with Gasteiger partial charge in [0, 0.05) is 10.7 Å². The van der Waals surface area contributed by atoms with Gasteiger partial charge in [-0.15, -0.1) is 0 Å². The predicted molar refractivity (Wildman–Crippen MR) is 134 cm³/mol. The average Bonchev–Trinajstić information content (AvgIpc) is 3.08. The Hall–Kier alpha value is -3.20. The number of hydrogen-bond donors (Lipinski definition) is 1. The lowest BCUT2D eigenvalue weighted by molar-refractivity contribution is -0.118. The zero-order valence-corrected chi connectivity index (χ0v) is 19.3. The molecule has 1 saturated heterocycles. The molecule has 0 radical (unpaired) electrons. The van der Waals surface area contributed by atoms with Crippen molar-refractivity contribution >= 4 is 69.2 Å². The summed E-state index contributed by atoms with van der Waals surface area (Å²) < 4.78 is 19.1. The summed E-state index contributed by atoms with van der Waals surface area (Å²) in [5.74, 6) is -0.441. The molecule has 1 fully saturated rings. The summed E-state index contributed by atoms with van der Waals surface area (Å²) >= 11 is 12.3. The first-order chi connectivity index (χ1) is 15.9. The number of halogens is 2. The van der Waals surface area contributed by atoms with Gasteiger partial charge in [0.2, 0.25) is 0 Å². The molecule has 3 aromatic carbocycles. The first-order valence-electron chi connectivity index (χ1n) is 9.71. The Kier molecular flexibility index (Phi) is 7.08. The molecule has 4 rings (SSSR count). The molecule has 0 aromatic heterocycles. The van der Waals surface area contributed by atoms with E-state index in [2.05, 4.69) is 5.32 Å². The maximum atomic E-state index is 13.2. The fourth-order valence-corrected chi connectivity index (χ4v) is 4.40. The summed E-state index contributed by atoms with van der Waals surface area (Å²) in [6.07, 6.45) is 1.72. The maximum Gasteiger partial charge on any atom is 0.270 e. The van der Waals surface area contributed by atoms with Crippen LogP contribution in [0.5, 0.6) is 5.75 Å². The summed E-state index contributed by atoms with van der Waals surface area (Å²) in [6.45, 7) is -0.154. The van der Waals surface area contributed by atoms with Crippen LogP contribution in [-0.2, 0) is 9.59 Å². The number of nitrogens with zero attached hydrogens (tertiary/aromatic N) is 1. The largest absolute Gasteiger partial charge is 0.484 e. The van der Waals surface area contributed by atoms with Crippen molar-refractivity contribution < 1.29 is 18.7 Å².